The fraction of sp³-hybridized carbons (Fsp3) is 0.714. The van der Waals surface area contributed by atoms with E-state index in [9.17, 15) is 0 Å². The van der Waals surface area contributed by atoms with Crippen LogP contribution in [-0.2, 0) is 9.59 Å². The average Bonchev–Trinajstić information content (AvgIpc) is 2.04. The highest BCUT2D eigenvalue weighted by Crippen LogP contribution is 1.65. The number of hydrogen-bond acceptors (Lipinski definition) is 5. The van der Waals surface area contributed by atoms with Gasteiger partial charge in [-0.25, -0.2) is 20.4 Å². The summed E-state index contributed by atoms with van der Waals surface area (Å²) in [5.41, 5.74) is 0. The Balaban J connectivity index is -0.000000115. The Kier molecular flexibility index (Phi) is 47.0. The van der Waals surface area contributed by atoms with E-state index >= 15 is 0 Å². The summed E-state index contributed by atoms with van der Waals surface area (Å²) in [6.45, 7) is 6.56. The predicted octanol–water partition coefficient (Wildman–Crippen LogP) is 0.808. The molecule has 0 amide bonds. The van der Waals surface area contributed by atoms with E-state index in [-0.39, 0.29) is 0 Å². The van der Waals surface area contributed by atoms with Crippen LogP contribution in [0, 0.1) is 10.8 Å². The summed E-state index contributed by atoms with van der Waals surface area (Å²) < 4.78 is 0. The lowest BCUT2D eigenvalue weighted by atomic mass is 10.5. The minimum absolute atomic E-state index is 0.750. The molecule has 0 radical (unpaired) electrons. The van der Waals surface area contributed by atoms with Crippen LogP contribution in [0.1, 0.15) is 20.3 Å². The van der Waals surface area contributed by atoms with Crippen LogP contribution in [0.25, 0.3) is 0 Å². The smallest absolute Gasteiger partial charge is 0.231 e. The summed E-state index contributed by atoms with van der Waals surface area (Å²) in [7, 11) is 0. The molecule has 0 aromatic carbocycles. The quantitative estimate of drug-likeness (QED) is 0.335. The molecule has 0 spiro atoms. The number of isocyanates is 2. The molecule has 0 unspecified atom stereocenters. The van der Waals surface area contributed by atoms with Crippen LogP contribution < -0.4 is 5.32 Å². The molecule has 70 valence electrons. The van der Waals surface area contributed by atoms with Gasteiger partial charge in [0.25, 0.3) is 0 Å². The SMILES string of the molecule is CCCNCC.N=C=O.N=C=O. The number of nitrogens with one attached hydrogen (secondary N) is 3. The highest BCUT2D eigenvalue weighted by atomic mass is 16.1. The summed E-state index contributed by atoms with van der Waals surface area (Å²) in [6, 6.07) is 0. The zero-order valence-corrected chi connectivity index (χ0v) is 7.44. The van der Waals surface area contributed by atoms with Crippen molar-refractivity contribution in [3.05, 3.63) is 0 Å². The monoisotopic (exact) mass is 173 g/mol. The Bertz CT molecular complexity index is 109. The van der Waals surface area contributed by atoms with Crippen molar-refractivity contribution >= 4 is 12.2 Å². The number of carbonyl (C=O) groups excluding carboxylic acids is 2. The molecule has 0 aromatic heterocycles. The Morgan fingerprint density at radius 3 is 1.58 bits per heavy atom. The minimum atomic E-state index is 0.750. The molecule has 5 heteroatoms. The summed E-state index contributed by atoms with van der Waals surface area (Å²) in [4.78, 5) is 16.7. The van der Waals surface area contributed by atoms with Gasteiger partial charge in [-0.05, 0) is 19.5 Å². The van der Waals surface area contributed by atoms with Crippen LogP contribution >= 0.6 is 0 Å². The number of rotatable bonds is 3. The van der Waals surface area contributed by atoms with Crippen LogP contribution in [0.2, 0.25) is 0 Å². The van der Waals surface area contributed by atoms with E-state index in [4.69, 9.17) is 20.4 Å². The summed E-state index contributed by atoms with van der Waals surface area (Å²) >= 11 is 0. The van der Waals surface area contributed by atoms with Crippen LogP contribution in [-0.4, -0.2) is 25.2 Å². The van der Waals surface area contributed by atoms with E-state index in [1.54, 1.807) is 0 Å². The highest BCUT2D eigenvalue weighted by molar-refractivity contribution is 5.26. The molecule has 0 bridgehead atoms. The van der Waals surface area contributed by atoms with E-state index in [1.165, 1.54) is 6.42 Å². The average molecular weight is 173 g/mol. The summed E-state index contributed by atoms with van der Waals surface area (Å²) in [6.07, 6.45) is 2.74. The molecule has 5 nitrogen and oxygen atoms in total. The standard InChI is InChI=1S/C5H13N.2CHNO/c1-3-5-6-4-2;2*2-1-3/h6H,3-5H2,1-2H3;2*2H. The first-order valence-electron chi connectivity index (χ1n) is 3.53. The molecule has 0 aromatic rings. The van der Waals surface area contributed by atoms with Crippen molar-refractivity contribution in [2.24, 2.45) is 0 Å². The van der Waals surface area contributed by atoms with Crippen LogP contribution in [0.3, 0.4) is 0 Å². The van der Waals surface area contributed by atoms with Crippen LogP contribution in [0.5, 0.6) is 0 Å². The first-order chi connectivity index (χ1) is 5.74. The van der Waals surface area contributed by atoms with Gasteiger partial charge in [-0.15, -0.1) is 0 Å². The van der Waals surface area contributed by atoms with Crippen molar-refractivity contribution in [1.82, 2.24) is 5.32 Å². The van der Waals surface area contributed by atoms with Gasteiger partial charge in [0.1, 0.15) is 0 Å². The second kappa shape index (κ2) is 33.2. The topological polar surface area (TPSA) is 93.9 Å². The highest BCUT2D eigenvalue weighted by Gasteiger charge is 1.71. The lowest BCUT2D eigenvalue weighted by molar-refractivity contribution is 0.562. The Morgan fingerprint density at radius 1 is 1.17 bits per heavy atom. The van der Waals surface area contributed by atoms with Gasteiger partial charge in [0.05, 0.1) is 0 Å². The van der Waals surface area contributed by atoms with Crippen molar-refractivity contribution in [2.45, 2.75) is 20.3 Å². The van der Waals surface area contributed by atoms with Crippen molar-refractivity contribution in [3.63, 3.8) is 0 Å². The van der Waals surface area contributed by atoms with Crippen molar-refractivity contribution < 1.29 is 9.59 Å². The van der Waals surface area contributed by atoms with Gasteiger partial charge in [0.2, 0.25) is 12.2 Å². The zero-order chi connectivity index (χ0) is 10.2. The molecular formula is C7H15N3O2. The van der Waals surface area contributed by atoms with Gasteiger partial charge in [0, 0.05) is 0 Å². The van der Waals surface area contributed by atoms with E-state index in [0.29, 0.717) is 0 Å². The predicted molar refractivity (Wildman–Crippen MR) is 45.7 cm³/mol. The first kappa shape index (κ1) is 17.0. The maximum atomic E-state index is 8.35. The molecule has 0 aliphatic heterocycles. The lowest BCUT2D eigenvalue weighted by Gasteiger charge is -1.91. The molecule has 12 heavy (non-hydrogen) atoms. The van der Waals surface area contributed by atoms with Gasteiger partial charge in [0.15, 0.2) is 0 Å². The zero-order valence-electron chi connectivity index (χ0n) is 7.44. The normalized spacial score (nSPS) is 5.83. The van der Waals surface area contributed by atoms with Gasteiger partial charge < -0.3 is 5.32 Å². The van der Waals surface area contributed by atoms with Crippen LogP contribution in [0.4, 0.5) is 0 Å². The van der Waals surface area contributed by atoms with E-state index in [0.717, 1.165) is 25.2 Å². The van der Waals surface area contributed by atoms with Crippen molar-refractivity contribution in [2.75, 3.05) is 13.1 Å². The molecule has 3 N–H and O–H groups in total. The second-order valence-corrected chi connectivity index (χ2v) is 1.56. The third-order valence-electron chi connectivity index (χ3n) is 0.677. The molecule has 0 saturated carbocycles. The van der Waals surface area contributed by atoms with Crippen LogP contribution in [0.15, 0.2) is 0 Å². The van der Waals surface area contributed by atoms with Gasteiger partial charge >= 0.3 is 0 Å². The molecule has 0 fully saturated rings. The van der Waals surface area contributed by atoms with E-state index in [2.05, 4.69) is 19.2 Å². The molecule has 0 heterocycles. The Labute approximate surface area is 72.2 Å². The Hall–Kier alpha value is -1.28. The fourth-order valence-electron chi connectivity index (χ4n) is 0.354. The number of hydrogen-bond donors (Lipinski definition) is 3. The minimum Gasteiger partial charge on any atom is -0.317 e. The molecule has 0 aliphatic rings. The maximum Gasteiger partial charge on any atom is 0.231 e. The third kappa shape index (κ3) is 176. The van der Waals surface area contributed by atoms with E-state index < -0.39 is 0 Å². The lowest BCUT2D eigenvalue weighted by Crippen LogP contribution is -2.12. The summed E-state index contributed by atoms with van der Waals surface area (Å²) in [5, 5.41) is 14.0. The van der Waals surface area contributed by atoms with Gasteiger partial charge in [-0.1, -0.05) is 13.8 Å². The third-order valence-corrected chi connectivity index (χ3v) is 0.677. The second-order valence-electron chi connectivity index (χ2n) is 1.56. The molecule has 0 atom stereocenters. The van der Waals surface area contributed by atoms with E-state index in [1.807, 2.05) is 0 Å². The first-order valence-corrected chi connectivity index (χ1v) is 3.53. The summed E-state index contributed by atoms with van der Waals surface area (Å²) in [5.74, 6) is 0. The molecular weight excluding hydrogens is 158 g/mol. The fourth-order valence-corrected chi connectivity index (χ4v) is 0.354. The van der Waals surface area contributed by atoms with Gasteiger partial charge in [-0.3, -0.25) is 0 Å². The van der Waals surface area contributed by atoms with Crippen molar-refractivity contribution in [1.29, 1.82) is 10.8 Å². The van der Waals surface area contributed by atoms with Gasteiger partial charge in [-0.2, -0.15) is 0 Å². The molecule has 0 saturated heterocycles. The Morgan fingerprint density at radius 2 is 1.50 bits per heavy atom. The van der Waals surface area contributed by atoms with Crippen molar-refractivity contribution in [3.8, 4) is 0 Å². The largest absolute Gasteiger partial charge is 0.317 e. The molecule has 0 rings (SSSR count). The molecule has 0 aliphatic carbocycles. The maximum absolute atomic E-state index is 8.35.